The van der Waals surface area contributed by atoms with Crippen LogP contribution in [0.25, 0.3) is 0 Å². The third kappa shape index (κ3) is 6.91. The molecular formula is C25H34N4O2. The number of piperazine rings is 1. The van der Waals surface area contributed by atoms with Crippen molar-refractivity contribution in [2.45, 2.75) is 27.3 Å². The van der Waals surface area contributed by atoms with E-state index in [-0.39, 0.29) is 18.4 Å². The lowest BCUT2D eigenvalue weighted by molar-refractivity contribution is -0.134. The zero-order chi connectivity index (χ0) is 22.4. The zero-order valence-electron chi connectivity index (χ0n) is 19.1. The highest BCUT2D eigenvalue weighted by atomic mass is 16.2. The first kappa shape index (κ1) is 23.0. The van der Waals surface area contributed by atoms with Crippen molar-refractivity contribution in [1.82, 2.24) is 14.7 Å². The van der Waals surface area contributed by atoms with Gasteiger partial charge in [0.05, 0.1) is 13.1 Å². The number of nitrogens with zero attached hydrogens (tertiary/aromatic N) is 3. The van der Waals surface area contributed by atoms with E-state index in [1.54, 1.807) is 7.05 Å². The molecule has 1 heterocycles. The molecule has 6 heteroatoms. The molecule has 166 valence electrons. The number of aryl methyl sites for hydroxylation is 3. The minimum absolute atomic E-state index is 0.0248. The number of carbonyl (C=O) groups is 2. The van der Waals surface area contributed by atoms with Crippen LogP contribution in [-0.2, 0) is 16.1 Å². The molecular weight excluding hydrogens is 388 g/mol. The van der Waals surface area contributed by atoms with Crippen molar-refractivity contribution >= 4 is 17.5 Å². The number of nitrogens with one attached hydrogen (secondary N) is 1. The molecule has 0 bridgehead atoms. The predicted molar refractivity (Wildman–Crippen MR) is 125 cm³/mol. The fourth-order valence-corrected chi connectivity index (χ4v) is 3.85. The second kappa shape index (κ2) is 10.6. The van der Waals surface area contributed by atoms with E-state index < -0.39 is 0 Å². The molecule has 6 nitrogen and oxygen atoms in total. The lowest BCUT2D eigenvalue weighted by Crippen LogP contribution is -2.49. The molecule has 1 N–H and O–H groups in total. The summed E-state index contributed by atoms with van der Waals surface area (Å²) in [6.45, 7) is 11.0. The fourth-order valence-electron chi connectivity index (χ4n) is 3.85. The molecule has 1 aliphatic rings. The summed E-state index contributed by atoms with van der Waals surface area (Å²) in [4.78, 5) is 31.1. The van der Waals surface area contributed by atoms with E-state index in [9.17, 15) is 9.59 Å². The first-order chi connectivity index (χ1) is 14.8. The van der Waals surface area contributed by atoms with Gasteiger partial charge in [-0.3, -0.25) is 19.4 Å². The average molecular weight is 423 g/mol. The zero-order valence-corrected chi connectivity index (χ0v) is 19.1. The lowest BCUT2D eigenvalue weighted by Gasteiger charge is -2.35. The van der Waals surface area contributed by atoms with Crippen LogP contribution >= 0.6 is 0 Å². The number of amides is 2. The van der Waals surface area contributed by atoms with Gasteiger partial charge in [-0.05, 0) is 43.5 Å². The predicted octanol–water partition coefficient (Wildman–Crippen LogP) is 2.83. The van der Waals surface area contributed by atoms with Crippen molar-refractivity contribution < 1.29 is 9.59 Å². The van der Waals surface area contributed by atoms with Gasteiger partial charge in [-0.1, -0.05) is 42.0 Å². The Bertz CT molecular complexity index is 919. The quantitative estimate of drug-likeness (QED) is 0.746. The van der Waals surface area contributed by atoms with Crippen LogP contribution in [-0.4, -0.2) is 72.8 Å². The van der Waals surface area contributed by atoms with Gasteiger partial charge in [-0.2, -0.15) is 0 Å². The Kier molecular flexibility index (Phi) is 7.82. The lowest BCUT2D eigenvalue weighted by atomic mass is 10.1. The van der Waals surface area contributed by atoms with Crippen LogP contribution in [0.3, 0.4) is 0 Å². The van der Waals surface area contributed by atoms with Crippen LogP contribution in [0.4, 0.5) is 5.69 Å². The van der Waals surface area contributed by atoms with E-state index in [1.165, 1.54) is 16.0 Å². The monoisotopic (exact) mass is 422 g/mol. The fraction of sp³-hybridized carbons (Fsp3) is 0.440. The van der Waals surface area contributed by atoms with E-state index in [0.717, 1.165) is 49.5 Å². The van der Waals surface area contributed by atoms with Crippen molar-refractivity contribution in [2.24, 2.45) is 0 Å². The number of hydrogen-bond acceptors (Lipinski definition) is 4. The van der Waals surface area contributed by atoms with Gasteiger partial charge < -0.3 is 10.2 Å². The molecule has 3 rings (SSSR count). The van der Waals surface area contributed by atoms with Gasteiger partial charge >= 0.3 is 0 Å². The Balaban J connectivity index is 1.41. The number of hydrogen-bond donors (Lipinski definition) is 1. The summed E-state index contributed by atoms with van der Waals surface area (Å²) in [5.74, 6) is -0.198. The SMILES string of the molecule is Cc1cccc(CN2CCN(CC(=O)N(C)CC(=O)Nc3cc(C)ccc3C)CC2)c1. The Morgan fingerprint density at radius 3 is 2.32 bits per heavy atom. The molecule has 0 unspecified atom stereocenters. The van der Waals surface area contributed by atoms with Gasteiger partial charge in [0, 0.05) is 45.5 Å². The van der Waals surface area contributed by atoms with Crippen molar-refractivity contribution in [3.05, 3.63) is 64.7 Å². The molecule has 1 saturated heterocycles. The van der Waals surface area contributed by atoms with Gasteiger partial charge in [-0.15, -0.1) is 0 Å². The smallest absolute Gasteiger partial charge is 0.243 e. The van der Waals surface area contributed by atoms with E-state index in [2.05, 4.69) is 46.3 Å². The van der Waals surface area contributed by atoms with E-state index >= 15 is 0 Å². The molecule has 0 atom stereocenters. The average Bonchev–Trinajstić information content (AvgIpc) is 2.72. The highest BCUT2D eigenvalue weighted by Crippen LogP contribution is 2.16. The summed E-state index contributed by atoms with van der Waals surface area (Å²) in [5.41, 5.74) is 5.52. The third-order valence-electron chi connectivity index (χ3n) is 5.79. The summed E-state index contributed by atoms with van der Waals surface area (Å²) in [7, 11) is 1.69. The molecule has 1 aliphatic heterocycles. The molecule has 1 fully saturated rings. The maximum Gasteiger partial charge on any atom is 0.243 e. The number of anilines is 1. The van der Waals surface area contributed by atoms with E-state index in [1.807, 2.05) is 32.0 Å². The minimum Gasteiger partial charge on any atom is -0.335 e. The number of likely N-dealkylation sites (N-methyl/N-ethyl adjacent to an activating group) is 1. The Morgan fingerprint density at radius 2 is 1.61 bits per heavy atom. The molecule has 0 spiro atoms. The summed E-state index contributed by atoms with van der Waals surface area (Å²) < 4.78 is 0. The standard InChI is InChI=1S/C25H34N4O2/c1-19-6-5-7-22(14-19)16-28-10-12-29(13-11-28)18-25(31)27(4)17-24(30)26-23-15-20(2)8-9-21(23)3/h5-9,14-15H,10-13,16-18H2,1-4H3,(H,26,30). The van der Waals surface area contributed by atoms with Crippen molar-refractivity contribution in [3.63, 3.8) is 0 Å². The topological polar surface area (TPSA) is 55.9 Å². The van der Waals surface area contributed by atoms with Crippen molar-refractivity contribution in [3.8, 4) is 0 Å². The van der Waals surface area contributed by atoms with Gasteiger partial charge in [0.2, 0.25) is 11.8 Å². The van der Waals surface area contributed by atoms with Crippen LogP contribution in [0.2, 0.25) is 0 Å². The second-order valence-electron chi connectivity index (χ2n) is 8.66. The van der Waals surface area contributed by atoms with Crippen molar-refractivity contribution in [1.29, 1.82) is 0 Å². The first-order valence-corrected chi connectivity index (χ1v) is 10.9. The van der Waals surface area contributed by atoms with Crippen LogP contribution in [0.1, 0.15) is 22.3 Å². The summed E-state index contributed by atoms with van der Waals surface area (Å²) in [6.07, 6.45) is 0. The highest BCUT2D eigenvalue weighted by Gasteiger charge is 2.21. The molecule has 2 amide bonds. The van der Waals surface area contributed by atoms with Crippen LogP contribution < -0.4 is 5.32 Å². The Labute approximate surface area is 185 Å². The van der Waals surface area contributed by atoms with Gasteiger partial charge in [-0.25, -0.2) is 0 Å². The molecule has 31 heavy (non-hydrogen) atoms. The molecule has 2 aromatic carbocycles. The molecule has 0 saturated carbocycles. The molecule has 0 aliphatic carbocycles. The Hall–Kier alpha value is -2.70. The van der Waals surface area contributed by atoms with E-state index in [4.69, 9.17) is 0 Å². The Morgan fingerprint density at radius 1 is 0.935 bits per heavy atom. The largest absolute Gasteiger partial charge is 0.335 e. The highest BCUT2D eigenvalue weighted by molar-refractivity contribution is 5.95. The summed E-state index contributed by atoms with van der Waals surface area (Å²) in [5, 5.41) is 2.92. The van der Waals surface area contributed by atoms with Gasteiger partial charge in [0.25, 0.3) is 0 Å². The normalized spacial score (nSPS) is 15.0. The van der Waals surface area contributed by atoms with E-state index in [0.29, 0.717) is 6.54 Å². The maximum absolute atomic E-state index is 12.6. The number of carbonyl (C=O) groups excluding carboxylic acids is 2. The van der Waals surface area contributed by atoms with Crippen molar-refractivity contribution in [2.75, 3.05) is 51.6 Å². The van der Waals surface area contributed by atoms with Crippen LogP contribution in [0.15, 0.2) is 42.5 Å². The number of rotatable bonds is 7. The van der Waals surface area contributed by atoms with Gasteiger partial charge in [0.15, 0.2) is 0 Å². The molecule has 0 radical (unpaired) electrons. The molecule has 0 aromatic heterocycles. The van der Waals surface area contributed by atoms with Crippen LogP contribution in [0.5, 0.6) is 0 Å². The van der Waals surface area contributed by atoms with Crippen LogP contribution in [0, 0.1) is 20.8 Å². The maximum atomic E-state index is 12.6. The minimum atomic E-state index is -0.174. The first-order valence-electron chi connectivity index (χ1n) is 10.9. The second-order valence-corrected chi connectivity index (χ2v) is 8.66. The van der Waals surface area contributed by atoms with Gasteiger partial charge in [0.1, 0.15) is 0 Å². The summed E-state index contributed by atoms with van der Waals surface area (Å²) in [6, 6.07) is 14.6. The third-order valence-corrected chi connectivity index (χ3v) is 5.79. The summed E-state index contributed by atoms with van der Waals surface area (Å²) >= 11 is 0. The number of benzene rings is 2. The molecule has 2 aromatic rings.